The molecule has 0 aromatic rings. The standard InChI is InChI=1S/C16H32N2S/c1-6-19-14-8-7-13(9-14)18-11-15(16(3,4)5)17-10-12(18)2/h12-15,17H,6-11H2,1-5H3. The van der Waals surface area contributed by atoms with Gasteiger partial charge in [0.2, 0.25) is 0 Å². The minimum absolute atomic E-state index is 0.370. The van der Waals surface area contributed by atoms with Gasteiger partial charge >= 0.3 is 0 Å². The van der Waals surface area contributed by atoms with Crippen LogP contribution in [0.2, 0.25) is 0 Å². The number of hydrogen-bond acceptors (Lipinski definition) is 3. The Labute approximate surface area is 124 Å². The summed E-state index contributed by atoms with van der Waals surface area (Å²) in [6.07, 6.45) is 4.26. The highest BCUT2D eigenvalue weighted by Gasteiger charge is 2.38. The SMILES string of the molecule is CCSC1CCC(N2CC(C(C)(C)C)NCC2C)C1. The summed E-state index contributed by atoms with van der Waals surface area (Å²) in [5, 5.41) is 4.67. The summed E-state index contributed by atoms with van der Waals surface area (Å²) in [4.78, 5) is 2.81. The highest BCUT2D eigenvalue weighted by atomic mass is 32.2. The lowest BCUT2D eigenvalue weighted by Gasteiger charge is -2.46. The van der Waals surface area contributed by atoms with Gasteiger partial charge in [0.25, 0.3) is 0 Å². The molecule has 0 radical (unpaired) electrons. The van der Waals surface area contributed by atoms with Gasteiger partial charge in [-0.3, -0.25) is 4.90 Å². The Bertz CT molecular complexity index is 287. The Kier molecular flexibility index (Phi) is 5.24. The third-order valence-electron chi connectivity index (χ3n) is 4.89. The van der Waals surface area contributed by atoms with Gasteiger partial charge in [0.05, 0.1) is 0 Å². The van der Waals surface area contributed by atoms with Crippen LogP contribution >= 0.6 is 11.8 Å². The van der Waals surface area contributed by atoms with E-state index < -0.39 is 0 Å². The fourth-order valence-electron chi connectivity index (χ4n) is 3.58. The first-order valence-electron chi connectivity index (χ1n) is 8.02. The van der Waals surface area contributed by atoms with Crippen molar-refractivity contribution < 1.29 is 0 Å². The zero-order valence-corrected chi connectivity index (χ0v) is 14.2. The molecule has 2 fully saturated rings. The van der Waals surface area contributed by atoms with Crippen molar-refractivity contribution in [1.82, 2.24) is 10.2 Å². The highest BCUT2D eigenvalue weighted by molar-refractivity contribution is 7.99. The number of nitrogens with one attached hydrogen (secondary N) is 1. The van der Waals surface area contributed by atoms with Crippen LogP contribution in [0.1, 0.15) is 53.9 Å². The molecule has 4 unspecified atom stereocenters. The maximum Gasteiger partial charge on any atom is 0.0244 e. The van der Waals surface area contributed by atoms with Gasteiger partial charge in [-0.1, -0.05) is 27.7 Å². The minimum atomic E-state index is 0.370. The third kappa shape index (κ3) is 3.89. The van der Waals surface area contributed by atoms with Gasteiger partial charge in [0, 0.05) is 36.5 Å². The second-order valence-electron chi connectivity index (χ2n) is 7.42. The molecule has 112 valence electrons. The Morgan fingerprint density at radius 1 is 1.26 bits per heavy atom. The molecule has 2 nitrogen and oxygen atoms in total. The molecular weight excluding hydrogens is 252 g/mol. The zero-order chi connectivity index (χ0) is 14.0. The van der Waals surface area contributed by atoms with Crippen molar-refractivity contribution in [2.45, 2.75) is 77.3 Å². The van der Waals surface area contributed by atoms with E-state index in [1.54, 1.807) is 0 Å². The lowest BCUT2D eigenvalue weighted by molar-refractivity contribution is 0.0593. The number of nitrogens with zero attached hydrogens (tertiary/aromatic N) is 1. The average molecular weight is 285 g/mol. The van der Waals surface area contributed by atoms with Crippen molar-refractivity contribution in [3.05, 3.63) is 0 Å². The molecule has 2 aliphatic rings. The number of thioether (sulfide) groups is 1. The first kappa shape index (κ1) is 15.7. The second kappa shape index (κ2) is 6.36. The summed E-state index contributed by atoms with van der Waals surface area (Å²) < 4.78 is 0. The van der Waals surface area contributed by atoms with E-state index in [9.17, 15) is 0 Å². The molecule has 0 aromatic heterocycles. The fraction of sp³-hybridized carbons (Fsp3) is 1.00. The molecule has 0 bridgehead atoms. The molecule has 1 aliphatic carbocycles. The van der Waals surface area contributed by atoms with Crippen LogP contribution in [-0.2, 0) is 0 Å². The van der Waals surface area contributed by atoms with E-state index >= 15 is 0 Å². The van der Waals surface area contributed by atoms with Crippen molar-refractivity contribution in [2.24, 2.45) is 5.41 Å². The molecule has 1 saturated heterocycles. The Balaban J connectivity index is 1.94. The molecule has 0 amide bonds. The van der Waals surface area contributed by atoms with E-state index in [1.165, 1.54) is 31.6 Å². The van der Waals surface area contributed by atoms with Crippen molar-refractivity contribution in [3.8, 4) is 0 Å². The molecule has 3 heteroatoms. The van der Waals surface area contributed by atoms with Crippen molar-refractivity contribution in [3.63, 3.8) is 0 Å². The maximum absolute atomic E-state index is 3.75. The zero-order valence-electron chi connectivity index (χ0n) is 13.4. The predicted molar refractivity (Wildman–Crippen MR) is 87.0 cm³/mol. The van der Waals surface area contributed by atoms with Gasteiger partial charge in [0.1, 0.15) is 0 Å². The van der Waals surface area contributed by atoms with Gasteiger partial charge in [-0.15, -0.1) is 0 Å². The molecule has 1 aliphatic heterocycles. The van der Waals surface area contributed by atoms with Gasteiger partial charge < -0.3 is 5.32 Å². The summed E-state index contributed by atoms with van der Waals surface area (Å²) >= 11 is 2.17. The highest BCUT2D eigenvalue weighted by Crippen LogP contribution is 2.35. The van der Waals surface area contributed by atoms with Crippen LogP contribution in [0, 0.1) is 5.41 Å². The molecule has 4 atom stereocenters. The first-order valence-corrected chi connectivity index (χ1v) is 9.07. The molecule has 1 N–H and O–H groups in total. The molecule has 2 rings (SSSR count). The predicted octanol–water partition coefficient (Wildman–Crippen LogP) is 3.37. The molecule has 1 saturated carbocycles. The fourth-order valence-corrected chi connectivity index (χ4v) is 4.71. The molecule has 1 heterocycles. The Hall–Kier alpha value is 0.270. The van der Waals surface area contributed by atoms with Gasteiger partial charge in [-0.2, -0.15) is 11.8 Å². The summed E-state index contributed by atoms with van der Waals surface area (Å²) in [5.41, 5.74) is 0.370. The monoisotopic (exact) mass is 284 g/mol. The van der Waals surface area contributed by atoms with E-state index in [-0.39, 0.29) is 0 Å². The van der Waals surface area contributed by atoms with Crippen LogP contribution in [0.15, 0.2) is 0 Å². The second-order valence-corrected chi connectivity index (χ2v) is 8.99. The minimum Gasteiger partial charge on any atom is -0.311 e. The number of hydrogen-bond donors (Lipinski definition) is 1. The molecular formula is C16H32N2S. The molecule has 0 aromatic carbocycles. The Morgan fingerprint density at radius 2 is 2.00 bits per heavy atom. The van der Waals surface area contributed by atoms with Crippen LogP contribution in [0.25, 0.3) is 0 Å². The van der Waals surface area contributed by atoms with Crippen LogP contribution in [-0.4, -0.2) is 47.1 Å². The van der Waals surface area contributed by atoms with Crippen LogP contribution in [0.5, 0.6) is 0 Å². The number of rotatable bonds is 3. The van der Waals surface area contributed by atoms with Gasteiger partial charge in [0.15, 0.2) is 0 Å². The summed E-state index contributed by atoms with van der Waals surface area (Å²) in [6, 6.07) is 2.18. The van der Waals surface area contributed by atoms with Crippen LogP contribution in [0.4, 0.5) is 0 Å². The average Bonchev–Trinajstić information content (AvgIpc) is 2.77. The smallest absolute Gasteiger partial charge is 0.0244 e. The number of piperazine rings is 1. The summed E-state index contributed by atoms with van der Waals surface area (Å²) in [7, 11) is 0. The van der Waals surface area contributed by atoms with E-state index in [4.69, 9.17) is 0 Å². The Morgan fingerprint density at radius 3 is 2.63 bits per heavy atom. The van der Waals surface area contributed by atoms with Crippen molar-refractivity contribution >= 4 is 11.8 Å². The summed E-state index contributed by atoms with van der Waals surface area (Å²) in [6.45, 7) is 14.2. The topological polar surface area (TPSA) is 15.3 Å². The lowest BCUT2D eigenvalue weighted by Crippen LogP contribution is -2.61. The van der Waals surface area contributed by atoms with E-state index in [1.807, 2.05) is 0 Å². The van der Waals surface area contributed by atoms with E-state index in [2.05, 4.69) is 56.6 Å². The van der Waals surface area contributed by atoms with E-state index in [0.29, 0.717) is 17.5 Å². The van der Waals surface area contributed by atoms with Gasteiger partial charge in [-0.25, -0.2) is 0 Å². The quantitative estimate of drug-likeness (QED) is 0.855. The first-order chi connectivity index (χ1) is 8.91. The summed E-state index contributed by atoms with van der Waals surface area (Å²) in [5.74, 6) is 1.28. The van der Waals surface area contributed by atoms with Crippen LogP contribution in [0.3, 0.4) is 0 Å². The molecule has 0 spiro atoms. The van der Waals surface area contributed by atoms with Crippen molar-refractivity contribution in [1.29, 1.82) is 0 Å². The largest absolute Gasteiger partial charge is 0.311 e. The normalized spacial score (nSPS) is 37.7. The molecule has 19 heavy (non-hydrogen) atoms. The van der Waals surface area contributed by atoms with E-state index in [0.717, 1.165) is 17.8 Å². The lowest BCUT2D eigenvalue weighted by atomic mass is 9.84. The maximum atomic E-state index is 3.75. The third-order valence-corrected chi connectivity index (χ3v) is 6.13. The van der Waals surface area contributed by atoms with Gasteiger partial charge in [-0.05, 0) is 37.4 Å². The van der Waals surface area contributed by atoms with Crippen LogP contribution < -0.4 is 5.32 Å². The van der Waals surface area contributed by atoms with Crippen molar-refractivity contribution in [2.75, 3.05) is 18.8 Å².